The Balaban J connectivity index is 3.20. The van der Waals surface area contributed by atoms with E-state index in [9.17, 15) is 5.11 Å². The van der Waals surface area contributed by atoms with Gasteiger partial charge in [-0.05, 0) is 18.1 Å². The second-order valence-corrected chi connectivity index (χ2v) is 4.44. The van der Waals surface area contributed by atoms with Crippen LogP contribution in [0.4, 0.5) is 0 Å². The largest absolute Gasteiger partial charge is 0.506 e. The van der Waals surface area contributed by atoms with Gasteiger partial charge in [-0.25, -0.2) is 0 Å². The Kier molecular flexibility index (Phi) is 3.65. The molecule has 4 heteroatoms. The van der Waals surface area contributed by atoms with E-state index >= 15 is 0 Å². The van der Waals surface area contributed by atoms with Crippen LogP contribution < -0.4 is 5.73 Å². The van der Waals surface area contributed by atoms with Crippen LogP contribution in [0.1, 0.15) is 25.5 Å². The summed E-state index contributed by atoms with van der Waals surface area (Å²) in [4.78, 5) is 0. The van der Waals surface area contributed by atoms with Gasteiger partial charge >= 0.3 is 0 Å². The summed E-state index contributed by atoms with van der Waals surface area (Å²) >= 11 is 11.6. The van der Waals surface area contributed by atoms with Gasteiger partial charge in [0.15, 0.2) is 0 Å². The summed E-state index contributed by atoms with van der Waals surface area (Å²) in [6.45, 7) is 3.94. The van der Waals surface area contributed by atoms with Crippen molar-refractivity contribution in [2.75, 3.05) is 0 Å². The highest BCUT2D eigenvalue weighted by atomic mass is 35.5. The highest BCUT2D eigenvalue weighted by molar-refractivity contribution is 6.35. The molecular formula is C10H13Cl2NO. The van der Waals surface area contributed by atoms with Crippen molar-refractivity contribution in [1.82, 2.24) is 0 Å². The molecule has 14 heavy (non-hydrogen) atoms. The van der Waals surface area contributed by atoms with Gasteiger partial charge in [0.25, 0.3) is 0 Å². The molecule has 1 unspecified atom stereocenters. The Morgan fingerprint density at radius 3 is 2.36 bits per heavy atom. The minimum Gasteiger partial charge on any atom is -0.506 e. The van der Waals surface area contributed by atoms with Crippen LogP contribution in [-0.4, -0.2) is 5.11 Å². The summed E-state index contributed by atoms with van der Waals surface area (Å²) in [5, 5.41) is 10.4. The summed E-state index contributed by atoms with van der Waals surface area (Å²) in [7, 11) is 0. The fourth-order valence-corrected chi connectivity index (χ4v) is 1.71. The SMILES string of the molecule is CC(C)C(N)c1cc(Cl)cc(Cl)c1O. The molecule has 0 saturated carbocycles. The molecule has 3 N–H and O–H groups in total. The molecule has 0 fully saturated rings. The molecule has 0 bridgehead atoms. The Morgan fingerprint density at radius 1 is 1.29 bits per heavy atom. The lowest BCUT2D eigenvalue weighted by Gasteiger charge is -2.18. The third-order valence-corrected chi connectivity index (χ3v) is 2.64. The van der Waals surface area contributed by atoms with Gasteiger partial charge in [0.1, 0.15) is 5.75 Å². The van der Waals surface area contributed by atoms with Gasteiger partial charge < -0.3 is 10.8 Å². The molecule has 1 atom stereocenters. The molecule has 0 aliphatic rings. The zero-order valence-corrected chi connectivity index (χ0v) is 9.60. The monoisotopic (exact) mass is 233 g/mol. The van der Waals surface area contributed by atoms with Gasteiger partial charge in [0.05, 0.1) is 5.02 Å². The second-order valence-electron chi connectivity index (χ2n) is 3.60. The van der Waals surface area contributed by atoms with Crippen molar-refractivity contribution >= 4 is 23.2 Å². The molecule has 78 valence electrons. The normalized spacial score (nSPS) is 13.3. The molecule has 1 aromatic rings. The van der Waals surface area contributed by atoms with Crippen LogP contribution in [0.15, 0.2) is 12.1 Å². The number of benzene rings is 1. The smallest absolute Gasteiger partial charge is 0.139 e. The molecule has 0 radical (unpaired) electrons. The first-order valence-electron chi connectivity index (χ1n) is 4.37. The zero-order chi connectivity index (χ0) is 10.9. The van der Waals surface area contributed by atoms with Crippen LogP contribution in [-0.2, 0) is 0 Å². The van der Waals surface area contributed by atoms with E-state index in [1.807, 2.05) is 13.8 Å². The number of halogens is 2. The maximum absolute atomic E-state index is 9.67. The zero-order valence-electron chi connectivity index (χ0n) is 8.09. The van der Waals surface area contributed by atoms with Crippen molar-refractivity contribution in [3.05, 3.63) is 27.7 Å². The lowest BCUT2D eigenvalue weighted by Crippen LogP contribution is -2.16. The van der Waals surface area contributed by atoms with Crippen molar-refractivity contribution in [1.29, 1.82) is 0 Å². The number of hydrogen-bond acceptors (Lipinski definition) is 2. The second kappa shape index (κ2) is 4.39. The van der Waals surface area contributed by atoms with E-state index in [4.69, 9.17) is 28.9 Å². The van der Waals surface area contributed by atoms with E-state index in [2.05, 4.69) is 0 Å². The van der Waals surface area contributed by atoms with E-state index in [1.165, 1.54) is 6.07 Å². The van der Waals surface area contributed by atoms with Crippen LogP contribution in [0.3, 0.4) is 0 Å². The third kappa shape index (κ3) is 2.32. The van der Waals surface area contributed by atoms with Gasteiger partial charge in [0, 0.05) is 16.6 Å². The maximum atomic E-state index is 9.67. The van der Waals surface area contributed by atoms with Crippen molar-refractivity contribution in [3.8, 4) is 5.75 Å². The molecule has 0 aliphatic carbocycles. The molecule has 0 heterocycles. The molecule has 0 amide bonds. The first kappa shape index (κ1) is 11.6. The van der Waals surface area contributed by atoms with E-state index in [0.717, 1.165) is 0 Å². The molecular weight excluding hydrogens is 221 g/mol. The first-order valence-corrected chi connectivity index (χ1v) is 5.12. The standard InChI is InChI=1S/C10H13Cl2NO/c1-5(2)9(13)7-3-6(11)4-8(12)10(7)14/h3-5,9,14H,13H2,1-2H3. The minimum absolute atomic E-state index is 0.0252. The molecule has 1 aromatic carbocycles. The molecule has 0 saturated heterocycles. The number of rotatable bonds is 2. The minimum atomic E-state index is -0.258. The average molecular weight is 234 g/mol. The predicted molar refractivity (Wildman–Crippen MR) is 59.9 cm³/mol. The first-order chi connectivity index (χ1) is 6.43. The van der Waals surface area contributed by atoms with Gasteiger partial charge in [-0.1, -0.05) is 37.0 Å². The van der Waals surface area contributed by atoms with Gasteiger partial charge in [-0.2, -0.15) is 0 Å². The molecule has 1 rings (SSSR count). The number of phenols is 1. The maximum Gasteiger partial charge on any atom is 0.139 e. The van der Waals surface area contributed by atoms with E-state index in [-0.39, 0.29) is 22.7 Å². The van der Waals surface area contributed by atoms with Crippen molar-refractivity contribution < 1.29 is 5.11 Å². The number of nitrogens with two attached hydrogens (primary N) is 1. The highest BCUT2D eigenvalue weighted by Gasteiger charge is 2.17. The number of aromatic hydroxyl groups is 1. The van der Waals surface area contributed by atoms with E-state index in [1.54, 1.807) is 6.07 Å². The molecule has 0 spiro atoms. The Bertz CT molecular complexity index is 339. The number of phenolic OH excluding ortho intramolecular Hbond substituents is 1. The average Bonchev–Trinajstić information content (AvgIpc) is 2.09. The van der Waals surface area contributed by atoms with Gasteiger partial charge in [-0.15, -0.1) is 0 Å². The lowest BCUT2D eigenvalue weighted by molar-refractivity contribution is 0.440. The predicted octanol–water partition coefficient (Wildman–Crippen LogP) is 3.35. The van der Waals surface area contributed by atoms with Gasteiger partial charge in [-0.3, -0.25) is 0 Å². The lowest BCUT2D eigenvalue weighted by atomic mass is 9.96. The van der Waals surface area contributed by atoms with Crippen molar-refractivity contribution in [2.45, 2.75) is 19.9 Å². The topological polar surface area (TPSA) is 46.2 Å². The molecule has 0 aliphatic heterocycles. The number of hydrogen-bond donors (Lipinski definition) is 2. The van der Waals surface area contributed by atoms with Crippen LogP contribution >= 0.6 is 23.2 Å². The summed E-state index contributed by atoms with van der Waals surface area (Å²) in [6, 6.07) is 2.88. The Labute approximate surface area is 93.6 Å². The third-order valence-electron chi connectivity index (χ3n) is 2.14. The molecule has 0 aromatic heterocycles. The van der Waals surface area contributed by atoms with E-state index < -0.39 is 0 Å². The van der Waals surface area contributed by atoms with Crippen molar-refractivity contribution in [3.63, 3.8) is 0 Å². The summed E-state index contributed by atoms with van der Waals surface area (Å²) in [5.74, 6) is 0.243. The Morgan fingerprint density at radius 2 is 1.86 bits per heavy atom. The van der Waals surface area contributed by atoms with Crippen LogP contribution in [0, 0.1) is 5.92 Å². The summed E-state index contributed by atoms with van der Waals surface area (Å²) in [5.41, 5.74) is 6.49. The van der Waals surface area contributed by atoms with Crippen molar-refractivity contribution in [2.24, 2.45) is 11.7 Å². The Hall–Kier alpha value is -0.440. The summed E-state index contributed by atoms with van der Waals surface area (Å²) in [6.07, 6.45) is 0. The van der Waals surface area contributed by atoms with E-state index in [0.29, 0.717) is 10.6 Å². The summed E-state index contributed by atoms with van der Waals surface area (Å²) < 4.78 is 0. The van der Waals surface area contributed by atoms with Crippen LogP contribution in [0.5, 0.6) is 5.75 Å². The van der Waals surface area contributed by atoms with Crippen LogP contribution in [0.2, 0.25) is 10.0 Å². The molecule has 2 nitrogen and oxygen atoms in total. The van der Waals surface area contributed by atoms with Gasteiger partial charge in [0.2, 0.25) is 0 Å². The fraction of sp³-hybridized carbons (Fsp3) is 0.400. The fourth-order valence-electron chi connectivity index (χ4n) is 1.20. The quantitative estimate of drug-likeness (QED) is 0.824. The van der Waals surface area contributed by atoms with Crippen LogP contribution in [0.25, 0.3) is 0 Å². The highest BCUT2D eigenvalue weighted by Crippen LogP contribution is 2.36.